The highest BCUT2D eigenvalue weighted by atomic mass is 32.2. The van der Waals surface area contributed by atoms with Crippen LogP contribution in [0.2, 0.25) is 0 Å². The number of amides is 2. The summed E-state index contributed by atoms with van der Waals surface area (Å²) in [6.45, 7) is 3.18. The van der Waals surface area contributed by atoms with Crippen LogP contribution in [0, 0.1) is 0 Å². The summed E-state index contributed by atoms with van der Waals surface area (Å²) in [6, 6.07) is 7.79. The zero-order chi connectivity index (χ0) is 15.5. The Hall–Kier alpha value is -1.75. The largest absolute Gasteiger partial charge is 0.341 e. The zero-order valence-corrected chi connectivity index (χ0v) is 13.5. The van der Waals surface area contributed by atoms with Crippen molar-refractivity contribution >= 4 is 29.7 Å². The lowest BCUT2D eigenvalue weighted by Crippen LogP contribution is -2.41. The highest BCUT2D eigenvalue weighted by Crippen LogP contribution is 2.33. The van der Waals surface area contributed by atoms with Gasteiger partial charge in [0.25, 0.3) is 0 Å². The molecule has 0 bridgehead atoms. The number of carbonyl (C=O) groups excluding carboxylic acids is 2. The quantitative estimate of drug-likeness (QED) is 0.842. The minimum atomic E-state index is -0.194. The number of hydrogen-bond acceptors (Lipinski definition) is 3. The third-order valence-electron chi connectivity index (χ3n) is 4.20. The predicted molar refractivity (Wildman–Crippen MR) is 89.3 cm³/mol. The summed E-state index contributed by atoms with van der Waals surface area (Å²) in [5.74, 6) is 2.12. The van der Waals surface area contributed by atoms with Gasteiger partial charge >= 0.3 is 0 Å². The normalized spacial score (nSPS) is 20.7. The molecule has 1 fully saturated rings. The van der Waals surface area contributed by atoms with Crippen LogP contribution in [0.1, 0.15) is 30.5 Å². The molecule has 22 heavy (non-hydrogen) atoms. The van der Waals surface area contributed by atoms with E-state index in [9.17, 15) is 9.59 Å². The standard InChI is InChI=1S/C17H20N2O2S/c1-13(20)19-7-6-14-4-2-3-5-15(14)16(19)12-17(21)18-8-10-22-11-9-18/h2-7,16H,8-12H2,1H3/t16-/m1/s1. The van der Waals surface area contributed by atoms with Crippen LogP contribution in [0.5, 0.6) is 0 Å². The molecule has 0 unspecified atom stereocenters. The van der Waals surface area contributed by atoms with Crippen LogP contribution >= 0.6 is 11.8 Å². The van der Waals surface area contributed by atoms with E-state index in [1.807, 2.05) is 47.0 Å². The molecule has 0 aromatic heterocycles. The number of benzene rings is 1. The van der Waals surface area contributed by atoms with Gasteiger partial charge in [0.05, 0.1) is 12.5 Å². The molecule has 0 saturated carbocycles. The van der Waals surface area contributed by atoms with E-state index in [1.165, 1.54) is 0 Å². The van der Waals surface area contributed by atoms with Crippen molar-refractivity contribution in [3.63, 3.8) is 0 Å². The highest BCUT2D eigenvalue weighted by molar-refractivity contribution is 7.99. The van der Waals surface area contributed by atoms with Crippen molar-refractivity contribution in [2.75, 3.05) is 24.6 Å². The van der Waals surface area contributed by atoms with E-state index in [0.29, 0.717) is 6.42 Å². The van der Waals surface area contributed by atoms with E-state index in [1.54, 1.807) is 18.0 Å². The smallest absolute Gasteiger partial charge is 0.225 e. The third-order valence-corrected chi connectivity index (χ3v) is 5.14. The molecule has 1 aromatic rings. The van der Waals surface area contributed by atoms with Crippen LogP contribution in [0.15, 0.2) is 30.5 Å². The molecule has 5 heteroatoms. The Balaban J connectivity index is 1.83. The molecule has 2 aliphatic rings. The van der Waals surface area contributed by atoms with Crippen LogP contribution in [-0.4, -0.2) is 46.2 Å². The van der Waals surface area contributed by atoms with E-state index in [0.717, 1.165) is 35.7 Å². The second kappa shape index (κ2) is 6.57. The second-order valence-electron chi connectivity index (χ2n) is 5.58. The van der Waals surface area contributed by atoms with Crippen molar-refractivity contribution in [2.45, 2.75) is 19.4 Å². The van der Waals surface area contributed by atoms with Gasteiger partial charge in [0.1, 0.15) is 0 Å². The van der Waals surface area contributed by atoms with Gasteiger partial charge in [0, 0.05) is 37.7 Å². The average Bonchev–Trinajstić information content (AvgIpc) is 2.55. The molecule has 4 nitrogen and oxygen atoms in total. The molecular weight excluding hydrogens is 296 g/mol. The Labute approximate surface area is 135 Å². The number of rotatable bonds is 2. The molecule has 0 N–H and O–H groups in total. The summed E-state index contributed by atoms with van der Waals surface area (Å²) in [5, 5.41) is 0. The summed E-state index contributed by atoms with van der Waals surface area (Å²) in [6.07, 6.45) is 4.09. The molecule has 2 heterocycles. The summed E-state index contributed by atoms with van der Waals surface area (Å²) in [5.41, 5.74) is 2.15. The van der Waals surface area contributed by atoms with Crippen LogP contribution in [0.25, 0.3) is 6.08 Å². The number of fused-ring (bicyclic) bond motifs is 1. The highest BCUT2D eigenvalue weighted by Gasteiger charge is 2.30. The minimum Gasteiger partial charge on any atom is -0.341 e. The molecule has 0 radical (unpaired) electrons. The van der Waals surface area contributed by atoms with E-state index in [-0.39, 0.29) is 17.9 Å². The van der Waals surface area contributed by atoms with Crippen molar-refractivity contribution in [2.24, 2.45) is 0 Å². The van der Waals surface area contributed by atoms with Crippen molar-refractivity contribution in [1.82, 2.24) is 9.80 Å². The first kappa shape index (κ1) is 15.2. The first-order valence-corrected chi connectivity index (χ1v) is 8.74. The Bertz CT molecular complexity index is 608. The summed E-state index contributed by atoms with van der Waals surface area (Å²) in [7, 11) is 0. The molecular formula is C17H20N2O2S. The maximum Gasteiger partial charge on any atom is 0.225 e. The first-order chi connectivity index (χ1) is 10.7. The van der Waals surface area contributed by atoms with Crippen molar-refractivity contribution in [3.8, 4) is 0 Å². The molecule has 0 spiro atoms. The van der Waals surface area contributed by atoms with E-state index in [4.69, 9.17) is 0 Å². The van der Waals surface area contributed by atoms with Gasteiger partial charge in [-0.1, -0.05) is 24.3 Å². The van der Waals surface area contributed by atoms with Gasteiger partial charge < -0.3 is 9.80 Å². The van der Waals surface area contributed by atoms with Gasteiger partial charge in [-0.15, -0.1) is 0 Å². The Morgan fingerprint density at radius 1 is 1.23 bits per heavy atom. The van der Waals surface area contributed by atoms with Crippen molar-refractivity contribution < 1.29 is 9.59 Å². The SMILES string of the molecule is CC(=O)N1C=Cc2ccccc2[C@H]1CC(=O)N1CCSCC1. The maximum absolute atomic E-state index is 12.6. The van der Waals surface area contributed by atoms with Crippen LogP contribution in [0.4, 0.5) is 0 Å². The van der Waals surface area contributed by atoms with Gasteiger partial charge in [0.2, 0.25) is 11.8 Å². The summed E-state index contributed by atoms with van der Waals surface area (Å²) >= 11 is 1.89. The third kappa shape index (κ3) is 3.04. The maximum atomic E-state index is 12.6. The average molecular weight is 316 g/mol. The molecule has 1 atom stereocenters. The van der Waals surface area contributed by atoms with E-state index in [2.05, 4.69) is 0 Å². The second-order valence-corrected chi connectivity index (χ2v) is 6.81. The molecule has 2 aliphatic heterocycles. The lowest BCUT2D eigenvalue weighted by atomic mass is 9.93. The number of thioether (sulfide) groups is 1. The fourth-order valence-electron chi connectivity index (χ4n) is 3.02. The number of nitrogens with zero attached hydrogens (tertiary/aromatic N) is 2. The fourth-order valence-corrected chi connectivity index (χ4v) is 3.92. The molecule has 1 saturated heterocycles. The lowest BCUT2D eigenvalue weighted by molar-refractivity contribution is -0.134. The van der Waals surface area contributed by atoms with Crippen molar-refractivity contribution in [3.05, 3.63) is 41.6 Å². The van der Waals surface area contributed by atoms with Crippen LogP contribution < -0.4 is 0 Å². The Morgan fingerprint density at radius 2 is 1.95 bits per heavy atom. The van der Waals surface area contributed by atoms with Crippen LogP contribution in [-0.2, 0) is 9.59 Å². The van der Waals surface area contributed by atoms with Gasteiger partial charge in [-0.25, -0.2) is 0 Å². The lowest BCUT2D eigenvalue weighted by Gasteiger charge is -2.34. The zero-order valence-electron chi connectivity index (χ0n) is 12.7. The minimum absolute atomic E-state index is 0.0299. The molecule has 0 aliphatic carbocycles. The summed E-state index contributed by atoms with van der Waals surface area (Å²) < 4.78 is 0. The molecule has 1 aromatic carbocycles. The van der Waals surface area contributed by atoms with Crippen LogP contribution in [0.3, 0.4) is 0 Å². The fraction of sp³-hybridized carbons (Fsp3) is 0.412. The molecule has 3 rings (SSSR count). The Morgan fingerprint density at radius 3 is 2.68 bits per heavy atom. The first-order valence-electron chi connectivity index (χ1n) is 7.58. The summed E-state index contributed by atoms with van der Waals surface area (Å²) in [4.78, 5) is 28.1. The molecule has 2 amide bonds. The number of hydrogen-bond donors (Lipinski definition) is 0. The Kier molecular flexibility index (Phi) is 4.52. The monoisotopic (exact) mass is 316 g/mol. The predicted octanol–water partition coefficient (Wildman–Crippen LogP) is 2.53. The van der Waals surface area contributed by atoms with Crippen molar-refractivity contribution in [1.29, 1.82) is 0 Å². The van der Waals surface area contributed by atoms with E-state index >= 15 is 0 Å². The van der Waals surface area contributed by atoms with Gasteiger partial charge in [-0.3, -0.25) is 9.59 Å². The topological polar surface area (TPSA) is 40.6 Å². The molecule has 116 valence electrons. The van der Waals surface area contributed by atoms with Gasteiger partial charge in [-0.2, -0.15) is 11.8 Å². The number of carbonyl (C=O) groups is 2. The van der Waals surface area contributed by atoms with E-state index < -0.39 is 0 Å². The van der Waals surface area contributed by atoms with Gasteiger partial charge in [-0.05, 0) is 17.2 Å². The van der Waals surface area contributed by atoms with Gasteiger partial charge in [0.15, 0.2) is 0 Å².